The highest BCUT2D eigenvalue weighted by molar-refractivity contribution is 6.74. The SMILES string of the molecule is CC(C)(C)[Si](C)(C)O[C@@H]1CCC[C@H]1c1ccccc1. The van der Waals surface area contributed by atoms with Gasteiger partial charge in [-0.1, -0.05) is 57.5 Å². The fraction of sp³-hybridized carbons (Fsp3) is 0.647. The molecule has 0 heterocycles. The minimum atomic E-state index is -1.64. The van der Waals surface area contributed by atoms with Gasteiger partial charge in [0.2, 0.25) is 0 Å². The molecule has 0 radical (unpaired) electrons. The lowest BCUT2D eigenvalue weighted by Gasteiger charge is -2.40. The van der Waals surface area contributed by atoms with Gasteiger partial charge in [0.15, 0.2) is 8.32 Å². The largest absolute Gasteiger partial charge is 0.413 e. The Hall–Kier alpha value is -0.603. The van der Waals surface area contributed by atoms with E-state index in [9.17, 15) is 0 Å². The first-order valence-electron chi connectivity index (χ1n) is 7.54. The molecule has 0 aliphatic heterocycles. The van der Waals surface area contributed by atoms with Crippen molar-refractivity contribution in [2.24, 2.45) is 0 Å². The van der Waals surface area contributed by atoms with Crippen molar-refractivity contribution in [2.45, 2.75) is 70.2 Å². The monoisotopic (exact) mass is 276 g/mol. The maximum Gasteiger partial charge on any atom is 0.192 e. The second kappa shape index (κ2) is 5.41. The summed E-state index contributed by atoms with van der Waals surface area (Å²) in [5, 5.41) is 0.302. The minimum Gasteiger partial charge on any atom is -0.413 e. The average molecular weight is 276 g/mol. The van der Waals surface area contributed by atoms with Gasteiger partial charge in [0.05, 0.1) is 6.10 Å². The Balaban J connectivity index is 2.12. The Labute approximate surface area is 119 Å². The third kappa shape index (κ3) is 3.29. The fourth-order valence-corrected chi connectivity index (χ4v) is 4.10. The molecule has 2 heteroatoms. The summed E-state index contributed by atoms with van der Waals surface area (Å²) in [5.41, 5.74) is 1.46. The van der Waals surface area contributed by atoms with Crippen molar-refractivity contribution in [3.8, 4) is 0 Å². The average Bonchev–Trinajstić information content (AvgIpc) is 2.76. The van der Waals surface area contributed by atoms with Crippen LogP contribution in [0.1, 0.15) is 51.5 Å². The van der Waals surface area contributed by atoms with Crippen molar-refractivity contribution in [3.63, 3.8) is 0 Å². The Kier molecular flexibility index (Phi) is 4.22. The highest BCUT2D eigenvalue weighted by Crippen LogP contribution is 2.43. The first kappa shape index (κ1) is 14.8. The summed E-state index contributed by atoms with van der Waals surface area (Å²) in [5.74, 6) is 0.607. The smallest absolute Gasteiger partial charge is 0.192 e. The van der Waals surface area contributed by atoms with Gasteiger partial charge in [-0.2, -0.15) is 0 Å². The lowest BCUT2D eigenvalue weighted by molar-refractivity contribution is 0.170. The number of rotatable bonds is 3. The van der Waals surface area contributed by atoms with E-state index >= 15 is 0 Å². The molecule has 19 heavy (non-hydrogen) atoms. The van der Waals surface area contributed by atoms with Gasteiger partial charge in [0.25, 0.3) is 0 Å². The van der Waals surface area contributed by atoms with Crippen molar-refractivity contribution >= 4 is 8.32 Å². The van der Waals surface area contributed by atoms with Crippen LogP contribution in [-0.4, -0.2) is 14.4 Å². The standard InChI is InChI=1S/C17H28OSi/c1-17(2,3)19(4,5)18-16-13-9-12-15(16)14-10-7-6-8-11-14/h6-8,10-11,15-16H,9,12-13H2,1-5H3/t15-,16+/m0/s1. The summed E-state index contributed by atoms with van der Waals surface area (Å²) in [6.07, 6.45) is 4.25. The summed E-state index contributed by atoms with van der Waals surface area (Å²) in [4.78, 5) is 0. The van der Waals surface area contributed by atoms with E-state index in [1.54, 1.807) is 0 Å². The summed E-state index contributed by atoms with van der Waals surface area (Å²) in [6.45, 7) is 11.7. The lowest BCUT2D eigenvalue weighted by Crippen LogP contribution is -2.44. The Morgan fingerprint density at radius 1 is 1.05 bits per heavy atom. The number of hydrogen-bond donors (Lipinski definition) is 0. The first-order valence-corrected chi connectivity index (χ1v) is 10.4. The molecule has 1 aromatic carbocycles. The summed E-state index contributed by atoms with van der Waals surface area (Å²) in [7, 11) is -1.64. The second-order valence-electron chi connectivity index (χ2n) is 7.36. The van der Waals surface area contributed by atoms with Gasteiger partial charge >= 0.3 is 0 Å². The zero-order valence-electron chi connectivity index (χ0n) is 13.1. The van der Waals surface area contributed by atoms with E-state index in [1.165, 1.54) is 24.8 Å². The molecular weight excluding hydrogens is 248 g/mol. The van der Waals surface area contributed by atoms with Gasteiger partial charge in [0.1, 0.15) is 0 Å². The van der Waals surface area contributed by atoms with Crippen LogP contribution in [0.4, 0.5) is 0 Å². The van der Waals surface area contributed by atoms with Gasteiger partial charge < -0.3 is 4.43 Å². The van der Waals surface area contributed by atoms with Gasteiger partial charge in [0, 0.05) is 5.92 Å². The second-order valence-corrected chi connectivity index (χ2v) is 12.1. The molecule has 1 aliphatic rings. The van der Waals surface area contributed by atoms with E-state index in [1.807, 2.05) is 0 Å². The van der Waals surface area contributed by atoms with E-state index < -0.39 is 8.32 Å². The molecule has 0 unspecified atom stereocenters. The molecule has 0 saturated heterocycles. The van der Waals surface area contributed by atoms with Gasteiger partial charge in [-0.05, 0) is 36.5 Å². The van der Waals surface area contributed by atoms with E-state index in [0.717, 1.165) is 0 Å². The number of benzene rings is 1. The molecule has 1 aromatic rings. The molecule has 0 bridgehead atoms. The topological polar surface area (TPSA) is 9.23 Å². The van der Waals surface area contributed by atoms with Crippen LogP contribution in [0.3, 0.4) is 0 Å². The first-order chi connectivity index (χ1) is 8.81. The van der Waals surface area contributed by atoms with Crippen LogP contribution in [0.25, 0.3) is 0 Å². The molecule has 0 aromatic heterocycles. The molecule has 106 valence electrons. The van der Waals surface area contributed by atoms with Crippen molar-refractivity contribution < 1.29 is 4.43 Å². The highest BCUT2D eigenvalue weighted by Gasteiger charge is 2.42. The molecule has 2 rings (SSSR count). The van der Waals surface area contributed by atoms with Crippen LogP contribution in [0.2, 0.25) is 18.1 Å². The molecular formula is C17H28OSi. The quantitative estimate of drug-likeness (QED) is 0.677. The van der Waals surface area contributed by atoms with Crippen LogP contribution in [0.5, 0.6) is 0 Å². The van der Waals surface area contributed by atoms with Crippen molar-refractivity contribution in [1.29, 1.82) is 0 Å². The van der Waals surface area contributed by atoms with E-state index in [0.29, 0.717) is 17.1 Å². The predicted octanol–water partition coefficient (Wildman–Crippen LogP) is 5.34. The van der Waals surface area contributed by atoms with Crippen molar-refractivity contribution in [1.82, 2.24) is 0 Å². The van der Waals surface area contributed by atoms with E-state index in [4.69, 9.17) is 4.43 Å². The Morgan fingerprint density at radius 2 is 1.68 bits per heavy atom. The van der Waals surface area contributed by atoms with Crippen LogP contribution in [0.15, 0.2) is 30.3 Å². The fourth-order valence-electron chi connectivity index (χ4n) is 2.70. The molecule has 1 fully saturated rings. The van der Waals surface area contributed by atoms with Crippen LogP contribution < -0.4 is 0 Å². The molecule has 1 saturated carbocycles. The third-order valence-corrected chi connectivity index (χ3v) is 9.44. The van der Waals surface area contributed by atoms with E-state index in [2.05, 4.69) is 64.2 Å². The lowest BCUT2D eigenvalue weighted by atomic mass is 9.96. The normalized spacial score (nSPS) is 24.7. The van der Waals surface area contributed by atoms with Gasteiger partial charge in [-0.25, -0.2) is 0 Å². The molecule has 2 atom stereocenters. The Bertz CT molecular complexity index is 405. The van der Waals surface area contributed by atoms with Gasteiger partial charge in [-0.3, -0.25) is 0 Å². The molecule has 0 N–H and O–H groups in total. The van der Waals surface area contributed by atoms with Crippen molar-refractivity contribution in [2.75, 3.05) is 0 Å². The van der Waals surface area contributed by atoms with Crippen LogP contribution in [-0.2, 0) is 4.43 Å². The van der Waals surface area contributed by atoms with Crippen LogP contribution >= 0.6 is 0 Å². The highest BCUT2D eigenvalue weighted by atomic mass is 28.4. The summed E-state index contributed by atoms with van der Waals surface area (Å²) < 4.78 is 6.67. The Morgan fingerprint density at radius 3 is 2.26 bits per heavy atom. The maximum atomic E-state index is 6.67. The number of hydrogen-bond acceptors (Lipinski definition) is 1. The summed E-state index contributed by atoms with van der Waals surface area (Å²) in [6, 6.07) is 10.9. The zero-order chi connectivity index (χ0) is 14.1. The zero-order valence-corrected chi connectivity index (χ0v) is 14.1. The van der Waals surface area contributed by atoms with Crippen molar-refractivity contribution in [3.05, 3.63) is 35.9 Å². The predicted molar refractivity (Wildman–Crippen MR) is 85.1 cm³/mol. The molecule has 0 amide bonds. The molecule has 0 spiro atoms. The van der Waals surface area contributed by atoms with E-state index in [-0.39, 0.29) is 0 Å². The maximum absolute atomic E-state index is 6.67. The van der Waals surface area contributed by atoms with Crippen LogP contribution in [0, 0.1) is 0 Å². The molecule has 1 nitrogen and oxygen atoms in total. The molecule has 1 aliphatic carbocycles. The summed E-state index contributed by atoms with van der Waals surface area (Å²) >= 11 is 0. The minimum absolute atomic E-state index is 0.302. The third-order valence-electron chi connectivity index (χ3n) is 4.93. The van der Waals surface area contributed by atoms with Gasteiger partial charge in [-0.15, -0.1) is 0 Å².